The highest BCUT2D eigenvalue weighted by atomic mass is 35.5. The van der Waals surface area contributed by atoms with Gasteiger partial charge in [0, 0.05) is 31.2 Å². The molecule has 116 valence electrons. The number of carbonyl (C=O) groups is 1. The van der Waals surface area contributed by atoms with E-state index in [9.17, 15) is 4.79 Å². The molecule has 0 aliphatic carbocycles. The first-order valence-electron chi connectivity index (χ1n) is 7.60. The van der Waals surface area contributed by atoms with Crippen molar-refractivity contribution < 1.29 is 4.79 Å². The Morgan fingerprint density at radius 2 is 2.14 bits per heavy atom. The number of benzene rings is 1. The third-order valence-electron chi connectivity index (χ3n) is 4.01. The van der Waals surface area contributed by atoms with Crippen LogP contribution in [0.25, 0.3) is 0 Å². The van der Waals surface area contributed by atoms with Crippen LogP contribution in [0.1, 0.15) is 39.0 Å². The quantitative estimate of drug-likeness (QED) is 0.857. The van der Waals surface area contributed by atoms with Crippen LogP contribution in [0.3, 0.4) is 0 Å². The van der Waals surface area contributed by atoms with Gasteiger partial charge in [-0.05, 0) is 43.9 Å². The van der Waals surface area contributed by atoms with Gasteiger partial charge in [0.05, 0.1) is 10.0 Å². The summed E-state index contributed by atoms with van der Waals surface area (Å²) in [5.41, 5.74) is 0.892. The smallest absolute Gasteiger partial charge is 0.224 e. The van der Waals surface area contributed by atoms with Crippen LogP contribution in [0.15, 0.2) is 18.2 Å². The Bertz CT molecular complexity index is 493. The van der Waals surface area contributed by atoms with Gasteiger partial charge in [-0.25, -0.2) is 0 Å². The van der Waals surface area contributed by atoms with Crippen molar-refractivity contribution in [2.45, 2.75) is 45.1 Å². The highest BCUT2D eigenvalue weighted by Gasteiger charge is 2.24. The number of likely N-dealkylation sites (tertiary alicyclic amines) is 1. The summed E-state index contributed by atoms with van der Waals surface area (Å²) in [5, 5.41) is 4.29. The number of anilines is 1. The second kappa shape index (κ2) is 7.90. The van der Waals surface area contributed by atoms with E-state index in [1.807, 2.05) is 6.07 Å². The van der Waals surface area contributed by atoms with Gasteiger partial charge in [-0.3, -0.25) is 4.79 Å². The maximum Gasteiger partial charge on any atom is 0.224 e. The summed E-state index contributed by atoms with van der Waals surface area (Å²) in [5.74, 6) is 0.245. The Kier molecular flexibility index (Phi) is 6.19. The van der Waals surface area contributed by atoms with Crippen LogP contribution in [-0.4, -0.2) is 29.9 Å². The molecule has 1 fully saturated rings. The van der Waals surface area contributed by atoms with E-state index in [1.165, 1.54) is 6.42 Å². The molecule has 1 aromatic rings. The number of nitrogens with one attached hydrogen (secondary N) is 1. The Labute approximate surface area is 136 Å². The van der Waals surface area contributed by atoms with E-state index in [-0.39, 0.29) is 5.91 Å². The number of carbonyl (C=O) groups excluding carboxylic acids is 1. The second-order valence-corrected chi connectivity index (χ2v) is 6.27. The van der Waals surface area contributed by atoms with Crippen molar-refractivity contribution in [1.29, 1.82) is 0 Å². The van der Waals surface area contributed by atoms with Crippen LogP contribution >= 0.6 is 23.2 Å². The van der Waals surface area contributed by atoms with E-state index in [0.29, 0.717) is 29.1 Å². The maximum atomic E-state index is 12.3. The summed E-state index contributed by atoms with van der Waals surface area (Å²) >= 11 is 11.8. The zero-order valence-corrected chi connectivity index (χ0v) is 13.9. The van der Waals surface area contributed by atoms with Crippen LogP contribution in [0.4, 0.5) is 5.69 Å². The first kappa shape index (κ1) is 16.4. The molecule has 1 saturated heterocycles. The zero-order chi connectivity index (χ0) is 15.2. The van der Waals surface area contributed by atoms with E-state index in [4.69, 9.17) is 23.2 Å². The third-order valence-corrected chi connectivity index (χ3v) is 4.75. The first-order chi connectivity index (χ1) is 10.1. The van der Waals surface area contributed by atoms with Gasteiger partial charge in [0.15, 0.2) is 0 Å². The lowest BCUT2D eigenvalue weighted by Crippen LogP contribution is -2.43. The Morgan fingerprint density at radius 3 is 2.86 bits per heavy atom. The van der Waals surface area contributed by atoms with Crippen LogP contribution < -0.4 is 5.32 Å². The topological polar surface area (TPSA) is 32.3 Å². The van der Waals surface area contributed by atoms with Crippen molar-refractivity contribution in [1.82, 2.24) is 4.90 Å². The summed E-state index contributed by atoms with van der Waals surface area (Å²) in [6.45, 7) is 3.68. The minimum Gasteiger partial charge on any atom is -0.384 e. The molecule has 0 radical (unpaired) electrons. The highest BCUT2D eigenvalue weighted by Crippen LogP contribution is 2.25. The molecule has 1 aliphatic rings. The molecule has 1 heterocycles. The average molecular weight is 329 g/mol. The fourth-order valence-electron chi connectivity index (χ4n) is 2.82. The van der Waals surface area contributed by atoms with E-state index < -0.39 is 0 Å². The van der Waals surface area contributed by atoms with E-state index in [1.54, 1.807) is 12.1 Å². The van der Waals surface area contributed by atoms with E-state index >= 15 is 0 Å². The van der Waals surface area contributed by atoms with E-state index in [2.05, 4.69) is 17.1 Å². The number of piperidine rings is 1. The minimum absolute atomic E-state index is 0.245. The molecule has 21 heavy (non-hydrogen) atoms. The third kappa shape index (κ3) is 4.52. The summed E-state index contributed by atoms with van der Waals surface area (Å²) in [6.07, 6.45) is 5.07. The molecular weight excluding hydrogens is 307 g/mol. The van der Waals surface area contributed by atoms with Gasteiger partial charge >= 0.3 is 0 Å². The fraction of sp³-hybridized carbons (Fsp3) is 0.562. The normalized spacial score (nSPS) is 18.6. The molecule has 0 aromatic heterocycles. The van der Waals surface area contributed by atoms with Crippen molar-refractivity contribution in [3.63, 3.8) is 0 Å². The number of hydrogen-bond donors (Lipinski definition) is 1. The Hall–Kier alpha value is -0.930. The van der Waals surface area contributed by atoms with Gasteiger partial charge in [0.1, 0.15) is 0 Å². The van der Waals surface area contributed by atoms with Crippen molar-refractivity contribution in [2.24, 2.45) is 0 Å². The number of nitrogens with zero attached hydrogens (tertiary/aromatic N) is 1. The van der Waals surface area contributed by atoms with Gasteiger partial charge in [-0.1, -0.05) is 30.1 Å². The largest absolute Gasteiger partial charge is 0.384 e. The summed E-state index contributed by atoms with van der Waals surface area (Å²) in [4.78, 5) is 14.4. The molecule has 2 rings (SSSR count). The standard InChI is InChI=1S/C16H22Cl2N2O/c1-2-13-5-3-4-10-20(13)16(21)8-9-19-12-6-7-14(17)15(18)11-12/h6-7,11,13,19H,2-5,8-10H2,1H3. The molecule has 3 nitrogen and oxygen atoms in total. The zero-order valence-electron chi connectivity index (χ0n) is 12.4. The van der Waals surface area contributed by atoms with Gasteiger partial charge < -0.3 is 10.2 Å². The molecule has 1 amide bonds. The monoisotopic (exact) mass is 328 g/mol. The molecule has 1 aromatic carbocycles. The number of amides is 1. The molecule has 0 bridgehead atoms. The summed E-state index contributed by atoms with van der Waals surface area (Å²) < 4.78 is 0. The molecule has 1 aliphatic heterocycles. The van der Waals surface area contributed by atoms with Gasteiger partial charge in [-0.15, -0.1) is 0 Å². The number of rotatable bonds is 5. The van der Waals surface area contributed by atoms with Crippen LogP contribution in [-0.2, 0) is 4.79 Å². The predicted octanol–water partition coefficient (Wildman–Crippen LogP) is 4.59. The highest BCUT2D eigenvalue weighted by molar-refractivity contribution is 6.42. The van der Waals surface area contributed by atoms with Gasteiger partial charge in [0.25, 0.3) is 0 Å². The van der Waals surface area contributed by atoms with E-state index in [0.717, 1.165) is 31.5 Å². The van der Waals surface area contributed by atoms with Crippen LogP contribution in [0.2, 0.25) is 10.0 Å². The number of halogens is 2. The number of hydrogen-bond acceptors (Lipinski definition) is 2. The van der Waals surface area contributed by atoms with Gasteiger partial charge in [-0.2, -0.15) is 0 Å². The Balaban J connectivity index is 1.82. The summed E-state index contributed by atoms with van der Waals surface area (Å²) in [7, 11) is 0. The van der Waals surface area contributed by atoms with Gasteiger partial charge in [0.2, 0.25) is 5.91 Å². The predicted molar refractivity (Wildman–Crippen MR) is 89.2 cm³/mol. The lowest BCUT2D eigenvalue weighted by molar-refractivity contribution is -0.134. The molecule has 5 heteroatoms. The van der Waals surface area contributed by atoms with Crippen molar-refractivity contribution >= 4 is 34.8 Å². The van der Waals surface area contributed by atoms with Crippen LogP contribution in [0.5, 0.6) is 0 Å². The fourth-order valence-corrected chi connectivity index (χ4v) is 3.11. The lowest BCUT2D eigenvalue weighted by Gasteiger charge is -2.35. The SMILES string of the molecule is CCC1CCCCN1C(=O)CCNc1ccc(Cl)c(Cl)c1. The van der Waals surface area contributed by atoms with Crippen molar-refractivity contribution in [3.05, 3.63) is 28.2 Å². The average Bonchev–Trinajstić information content (AvgIpc) is 2.50. The maximum absolute atomic E-state index is 12.3. The molecular formula is C16H22Cl2N2O. The lowest BCUT2D eigenvalue weighted by atomic mass is 9.99. The Morgan fingerprint density at radius 1 is 1.33 bits per heavy atom. The van der Waals surface area contributed by atoms with Crippen molar-refractivity contribution in [3.8, 4) is 0 Å². The second-order valence-electron chi connectivity index (χ2n) is 5.45. The first-order valence-corrected chi connectivity index (χ1v) is 8.35. The molecule has 1 unspecified atom stereocenters. The van der Waals surface area contributed by atoms with Crippen molar-refractivity contribution in [2.75, 3.05) is 18.4 Å². The van der Waals surface area contributed by atoms with Crippen LogP contribution in [0, 0.1) is 0 Å². The minimum atomic E-state index is 0.245. The molecule has 0 spiro atoms. The summed E-state index contributed by atoms with van der Waals surface area (Å²) in [6, 6.07) is 5.83. The molecule has 1 atom stereocenters. The molecule has 0 saturated carbocycles. The molecule has 1 N–H and O–H groups in total.